The van der Waals surface area contributed by atoms with Gasteiger partial charge in [-0.1, -0.05) is 57.9 Å². The maximum atomic E-state index is 10.3. The van der Waals surface area contributed by atoms with Crippen molar-refractivity contribution >= 4 is 0 Å². The SMILES string of the molecule is C=CCN(C)C(C)(O)CCCCCCCCCC. The van der Waals surface area contributed by atoms with E-state index in [4.69, 9.17) is 0 Å². The minimum atomic E-state index is -0.684. The lowest BCUT2D eigenvalue weighted by Crippen LogP contribution is -2.43. The first-order valence-electron chi connectivity index (χ1n) is 7.59. The number of unbranched alkanes of at least 4 members (excludes halogenated alkanes) is 7. The molecule has 0 saturated heterocycles. The summed E-state index contributed by atoms with van der Waals surface area (Å²) in [4.78, 5) is 1.96. The van der Waals surface area contributed by atoms with Crippen molar-refractivity contribution in [3.05, 3.63) is 12.7 Å². The quantitative estimate of drug-likeness (QED) is 0.318. The summed E-state index contributed by atoms with van der Waals surface area (Å²) in [7, 11) is 1.95. The normalized spacial score (nSPS) is 14.7. The molecule has 0 aromatic heterocycles. The Balaban J connectivity index is 3.49. The van der Waals surface area contributed by atoms with Crippen LogP contribution in [0.4, 0.5) is 0 Å². The molecule has 0 aliphatic rings. The highest BCUT2D eigenvalue weighted by molar-refractivity contribution is 4.79. The van der Waals surface area contributed by atoms with Crippen molar-refractivity contribution in [2.24, 2.45) is 0 Å². The molecule has 108 valence electrons. The highest BCUT2D eigenvalue weighted by atomic mass is 16.3. The van der Waals surface area contributed by atoms with Gasteiger partial charge in [-0.05, 0) is 26.8 Å². The van der Waals surface area contributed by atoms with E-state index < -0.39 is 5.72 Å². The fourth-order valence-electron chi connectivity index (χ4n) is 2.17. The molecule has 0 bridgehead atoms. The number of hydrogen-bond acceptors (Lipinski definition) is 2. The topological polar surface area (TPSA) is 23.5 Å². The molecule has 2 heteroatoms. The van der Waals surface area contributed by atoms with Crippen LogP contribution in [0, 0.1) is 0 Å². The molecule has 0 fully saturated rings. The molecule has 2 nitrogen and oxygen atoms in total. The molecule has 0 saturated carbocycles. The maximum absolute atomic E-state index is 10.3. The monoisotopic (exact) mass is 255 g/mol. The summed E-state index contributed by atoms with van der Waals surface area (Å²) in [6.45, 7) is 8.60. The van der Waals surface area contributed by atoms with E-state index in [1.165, 1.54) is 44.9 Å². The van der Waals surface area contributed by atoms with Crippen molar-refractivity contribution in [3.63, 3.8) is 0 Å². The maximum Gasteiger partial charge on any atom is 0.115 e. The van der Waals surface area contributed by atoms with Crippen LogP contribution in [0.25, 0.3) is 0 Å². The zero-order chi connectivity index (χ0) is 13.9. The first-order chi connectivity index (χ1) is 8.54. The largest absolute Gasteiger partial charge is 0.376 e. The highest BCUT2D eigenvalue weighted by Gasteiger charge is 2.23. The van der Waals surface area contributed by atoms with E-state index in [-0.39, 0.29) is 0 Å². The van der Waals surface area contributed by atoms with Crippen LogP contribution in [0.3, 0.4) is 0 Å². The standard InChI is InChI=1S/C16H33NO/c1-5-7-8-9-10-11-12-13-14-16(3,18)17(4)15-6-2/h6,18H,2,5,7-15H2,1,3-4H3. The molecule has 0 aliphatic heterocycles. The predicted octanol–water partition coefficient (Wildman–Crippen LogP) is 4.34. The summed E-state index contributed by atoms with van der Waals surface area (Å²) in [5.41, 5.74) is -0.684. The number of likely N-dealkylation sites (N-methyl/N-ethyl adjacent to an activating group) is 1. The van der Waals surface area contributed by atoms with Gasteiger partial charge in [0.1, 0.15) is 5.72 Å². The van der Waals surface area contributed by atoms with Crippen molar-refractivity contribution in [1.29, 1.82) is 0 Å². The average Bonchev–Trinajstić information content (AvgIpc) is 2.33. The Morgan fingerprint density at radius 2 is 1.56 bits per heavy atom. The van der Waals surface area contributed by atoms with Crippen molar-refractivity contribution in [2.45, 2.75) is 77.4 Å². The van der Waals surface area contributed by atoms with Gasteiger partial charge >= 0.3 is 0 Å². The molecule has 0 aromatic rings. The van der Waals surface area contributed by atoms with Gasteiger partial charge in [0.05, 0.1) is 0 Å². The third-order valence-corrected chi connectivity index (χ3v) is 3.73. The summed E-state index contributed by atoms with van der Waals surface area (Å²) in [6.07, 6.45) is 13.2. The minimum absolute atomic E-state index is 0.684. The van der Waals surface area contributed by atoms with Crippen molar-refractivity contribution < 1.29 is 5.11 Å². The van der Waals surface area contributed by atoms with Crippen molar-refractivity contribution in [1.82, 2.24) is 4.90 Å². The van der Waals surface area contributed by atoms with E-state index >= 15 is 0 Å². The Kier molecular flexibility index (Phi) is 10.4. The lowest BCUT2D eigenvalue weighted by molar-refractivity contribution is -0.0813. The molecular formula is C16H33NO. The Hall–Kier alpha value is -0.340. The molecule has 1 atom stereocenters. The van der Waals surface area contributed by atoms with Gasteiger partial charge < -0.3 is 5.11 Å². The highest BCUT2D eigenvalue weighted by Crippen LogP contribution is 2.19. The van der Waals surface area contributed by atoms with Crippen LogP contribution in [0.15, 0.2) is 12.7 Å². The Bertz CT molecular complexity index is 201. The zero-order valence-corrected chi connectivity index (χ0v) is 12.7. The van der Waals surface area contributed by atoms with Crippen LogP contribution < -0.4 is 0 Å². The second kappa shape index (κ2) is 10.6. The van der Waals surface area contributed by atoms with E-state index in [0.717, 1.165) is 19.4 Å². The third kappa shape index (κ3) is 8.71. The molecule has 0 heterocycles. The summed E-state index contributed by atoms with van der Waals surface area (Å²) in [5, 5.41) is 10.3. The fraction of sp³-hybridized carbons (Fsp3) is 0.875. The van der Waals surface area contributed by atoms with Gasteiger partial charge in [0.25, 0.3) is 0 Å². The van der Waals surface area contributed by atoms with Gasteiger partial charge in [-0.25, -0.2) is 0 Å². The molecule has 18 heavy (non-hydrogen) atoms. The van der Waals surface area contributed by atoms with Crippen LogP contribution in [-0.2, 0) is 0 Å². The van der Waals surface area contributed by atoms with E-state index in [9.17, 15) is 5.11 Å². The summed E-state index contributed by atoms with van der Waals surface area (Å²) < 4.78 is 0. The lowest BCUT2D eigenvalue weighted by atomic mass is 10.0. The van der Waals surface area contributed by atoms with E-state index in [1.807, 2.05) is 24.9 Å². The van der Waals surface area contributed by atoms with Crippen LogP contribution in [-0.4, -0.2) is 29.3 Å². The van der Waals surface area contributed by atoms with Gasteiger partial charge in [-0.3, -0.25) is 4.90 Å². The van der Waals surface area contributed by atoms with Crippen molar-refractivity contribution in [2.75, 3.05) is 13.6 Å². The zero-order valence-electron chi connectivity index (χ0n) is 12.7. The van der Waals surface area contributed by atoms with Crippen LogP contribution in [0.1, 0.15) is 71.6 Å². The Morgan fingerprint density at radius 1 is 1.06 bits per heavy atom. The van der Waals surface area contributed by atoms with E-state index in [1.54, 1.807) is 0 Å². The number of hydrogen-bond donors (Lipinski definition) is 1. The summed E-state index contributed by atoms with van der Waals surface area (Å²) >= 11 is 0. The van der Waals surface area contributed by atoms with Gasteiger partial charge in [-0.15, -0.1) is 6.58 Å². The van der Waals surface area contributed by atoms with E-state index in [0.29, 0.717) is 0 Å². The molecular weight excluding hydrogens is 222 g/mol. The predicted molar refractivity (Wildman–Crippen MR) is 80.7 cm³/mol. The Labute approximate surface area is 114 Å². The van der Waals surface area contributed by atoms with Gasteiger partial charge in [0.15, 0.2) is 0 Å². The minimum Gasteiger partial charge on any atom is -0.376 e. The number of rotatable bonds is 12. The second-order valence-corrected chi connectivity index (χ2v) is 5.61. The molecule has 0 spiro atoms. The lowest BCUT2D eigenvalue weighted by Gasteiger charge is -2.33. The molecule has 0 amide bonds. The molecule has 0 aromatic carbocycles. The van der Waals surface area contributed by atoms with Gasteiger partial charge in [0.2, 0.25) is 0 Å². The molecule has 1 unspecified atom stereocenters. The molecule has 0 radical (unpaired) electrons. The van der Waals surface area contributed by atoms with Gasteiger partial charge in [-0.2, -0.15) is 0 Å². The van der Waals surface area contributed by atoms with E-state index in [2.05, 4.69) is 13.5 Å². The molecule has 1 N–H and O–H groups in total. The third-order valence-electron chi connectivity index (χ3n) is 3.73. The smallest absolute Gasteiger partial charge is 0.115 e. The summed E-state index contributed by atoms with van der Waals surface area (Å²) in [5.74, 6) is 0. The van der Waals surface area contributed by atoms with Crippen LogP contribution in [0.5, 0.6) is 0 Å². The second-order valence-electron chi connectivity index (χ2n) is 5.61. The first-order valence-corrected chi connectivity index (χ1v) is 7.59. The van der Waals surface area contributed by atoms with Gasteiger partial charge in [0, 0.05) is 6.54 Å². The van der Waals surface area contributed by atoms with Crippen LogP contribution >= 0.6 is 0 Å². The average molecular weight is 255 g/mol. The molecule has 0 aliphatic carbocycles. The Morgan fingerprint density at radius 3 is 2.06 bits per heavy atom. The summed E-state index contributed by atoms with van der Waals surface area (Å²) in [6, 6.07) is 0. The number of nitrogens with zero attached hydrogens (tertiary/aromatic N) is 1. The first kappa shape index (κ1) is 17.7. The fourth-order valence-corrected chi connectivity index (χ4v) is 2.17. The van der Waals surface area contributed by atoms with Crippen molar-refractivity contribution in [3.8, 4) is 0 Å². The molecule has 0 rings (SSSR count). The van der Waals surface area contributed by atoms with Crippen LogP contribution in [0.2, 0.25) is 0 Å². The number of aliphatic hydroxyl groups is 1.